The molecular formula is C27H30FN7O. The van der Waals surface area contributed by atoms with Crippen molar-refractivity contribution in [2.45, 2.75) is 25.8 Å². The number of halogens is 1. The van der Waals surface area contributed by atoms with Crippen LogP contribution < -0.4 is 5.32 Å². The van der Waals surface area contributed by atoms with Crippen LogP contribution in [0, 0.1) is 17.1 Å². The highest BCUT2D eigenvalue weighted by Crippen LogP contribution is 2.31. The van der Waals surface area contributed by atoms with Gasteiger partial charge in [-0.1, -0.05) is 12.1 Å². The summed E-state index contributed by atoms with van der Waals surface area (Å²) >= 11 is 0. The van der Waals surface area contributed by atoms with Crippen LogP contribution >= 0.6 is 0 Å². The van der Waals surface area contributed by atoms with E-state index in [0.29, 0.717) is 23.3 Å². The summed E-state index contributed by atoms with van der Waals surface area (Å²) in [5, 5.41) is 17.8. The van der Waals surface area contributed by atoms with Crippen LogP contribution in [0.15, 0.2) is 47.6 Å². The molecule has 8 nitrogen and oxygen atoms in total. The van der Waals surface area contributed by atoms with Crippen molar-refractivity contribution in [2.75, 3.05) is 27.2 Å². The van der Waals surface area contributed by atoms with Gasteiger partial charge in [0.2, 0.25) is 12.4 Å². The molecule has 9 heteroatoms. The molecule has 1 aliphatic rings. The quantitative estimate of drug-likeness (QED) is 0.257. The monoisotopic (exact) mass is 487 g/mol. The maximum Gasteiger partial charge on any atom is 0.216 e. The van der Waals surface area contributed by atoms with Crippen molar-refractivity contribution in [3.8, 4) is 6.07 Å². The third-order valence-corrected chi connectivity index (χ3v) is 6.77. The molecule has 2 aromatic carbocycles. The number of fused-ring (bicyclic) bond motifs is 1. The van der Waals surface area contributed by atoms with Crippen LogP contribution in [0.2, 0.25) is 0 Å². The SMILES string of the molecule is CNC1CCN(C(=N/C(=C(\C)c2ccc3c(cnn3C)c2)c2ccc(C#N)c(F)c2)N(C)C=O)CC1. The van der Waals surface area contributed by atoms with Crippen LogP contribution in [-0.2, 0) is 11.8 Å². The standard InChI is InChI=1S/C27H30FN7O/c1-18(19-7-8-25-22(13-19)16-31-34(25)4)26(20-5-6-21(15-29)24(28)14-20)32-27(33(3)17-36)35-11-9-23(30-2)10-12-35/h5-8,13-14,16-17,23,30H,9-12H2,1-4H3/b26-18+,32-27?. The molecule has 0 atom stereocenters. The van der Waals surface area contributed by atoms with Gasteiger partial charge in [0, 0.05) is 44.2 Å². The highest BCUT2D eigenvalue weighted by Gasteiger charge is 2.24. The largest absolute Gasteiger partial charge is 0.342 e. The van der Waals surface area contributed by atoms with Gasteiger partial charge in [0.25, 0.3) is 0 Å². The van der Waals surface area contributed by atoms with Crippen LogP contribution in [0.5, 0.6) is 0 Å². The number of benzene rings is 2. The number of nitrogens with one attached hydrogen (secondary N) is 1. The first-order valence-electron chi connectivity index (χ1n) is 11.9. The normalized spacial score (nSPS) is 15.6. The molecule has 186 valence electrons. The summed E-state index contributed by atoms with van der Waals surface area (Å²) in [6, 6.07) is 12.8. The number of amides is 1. The number of carbonyl (C=O) groups excluding carboxylic acids is 1. The van der Waals surface area contributed by atoms with E-state index in [1.54, 1.807) is 24.0 Å². The Hall–Kier alpha value is -4.03. The second-order valence-corrected chi connectivity index (χ2v) is 9.00. The van der Waals surface area contributed by atoms with E-state index >= 15 is 0 Å². The number of likely N-dealkylation sites (tertiary alicyclic amines) is 1. The molecule has 0 radical (unpaired) electrons. The molecular weight excluding hydrogens is 457 g/mol. The first-order chi connectivity index (χ1) is 17.4. The van der Waals surface area contributed by atoms with Crippen molar-refractivity contribution in [3.63, 3.8) is 0 Å². The molecule has 1 fully saturated rings. The zero-order valence-electron chi connectivity index (χ0n) is 21.0. The van der Waals surface area contributed by atoms with E-state index in [1.165, 1.54) is 17.0 Å². The molecule has 0 spiro atoms. The second kappa shape index (κ2) is 10.7. The van der Waals surface area contributed by atoms with Crippen molar-refractivity contribution in [1.29, 1.82) is 5.26 Å². The van der Waals surface area contributed by atoms with E-state index in [4.69, 9.17) is 4.99 Å². The van der Waals surface area contributed by atoms with E-state index in [-0.39, 0.29) is 5.56 Å². The molecule has 1 aromatic heterocycles. The topological polar surface area (TPSA) is 89.5 Å². The average molecular weight is 488 g/mol. The summed E-state index contributed by atoms with van der Waals surface area (Å²) in [4.78, 5) is 20.4. The van der Waals surface area contributed by atoms with Gasteiger partial charge in [-0.05, 0) is 62.2 Å². The molecule has 0 unspecified atom stereocenters. The molecule has 0 saturated carbocycles. The number of rotatable bonds is 5. The van der Waals surface area contributed by atoms with Gasteiger partial charge in [-0.25, -0.2) is 9.38 Å². The average Bonchev–Trinajstić information content (AvgIpc) is 3.28. The maximum atomic E-state index is 14.7. The summed E-state index contributed by atoms with van der Waals surface area (Å²) in [5.74, 6) is -0.112. The number of hydrogen-bond acceptors (Lipinski definition) is 5. The van der Waals surface area contributed by atoms with Gasteiger partial charge >= 0.3 is 0 Å². The number of aromatic nitrogens is 2. The van der Waals surface area contributed by atoms with Crippen molar-refractivity contribution in [2.24, 2.45) is 12.0 Å². The van der Waals surface area contributed by atoms with Crippen molar-refractivity contribution in [1.82, 2.24) is 24.9 Å². The molecule has 1 aliphatic heterocycles. The van der Waals surface area contributed by atoms with Gasteiger partial charge in [-0.15, -0.1) is 0 Å². The molecule has 1 saturated heterocycles. The summed E-state index contributed by atoms with van der Waals surface area (Å²) in [6.07, 6.45) is 4.37. The highest BCUT2D eigenvalue weighted by atomic mass is 19.1. The van der Waals surface area contributed by atoms with Gasteiger partial charge < -0.3 is 10.2 Å². The fraction of sp³-hybridized carbons (Fsp3) is 0.333. The zero-order chi connectivity index (χ0) is 25.8. The molecule has 4 rings (SSSR count). The Morgan fingerprint density at radius 3 is 2.61 bits per heavy atom. The second-order valence-electron chi connectivity index (χ2n) is 9.00. The molecule has 0 bridgehead atoms. The van der Waals surface area contributed by atoms with Gasteiger partial charge in [0.05, 0.1) is 23.0 Å². The smallest absolute Gasteiger partial charge is 0.216 e. The molecule has 1 amide bonds. The molecule has 0 aliphatic carbocycles. The van der Waals surface area contributed by atoms with Crippen molar-refractivity contribution >= 4 is 34.5 Å². The summed E-state index contributed by atoms with van der Waals surface area (Å²) < 4.78 is 16.5. The predicted octanol–water partition coefficient (Wildman–Crippen LogP) is 3.60. The Labute approximate surface area is 210 Å². The summed E-state index contributed by atoms with van der Waals surface area (Å²) in [7, 11) is 5.51. The minimum Gasteiger partial charge on any atom is -0.342 e. The fourth-order valence-corrected chi connectivity index (χ4v) is 4.54. The molecule has 3 aromatic rings. The van der Waals surface area contributed by atoms with E-state index < -0.39 is 5.82 Å². The van der Waals surface area contributed by atoms with Gasteiger partial charge in [-0.3, -0.25) is 14.4 Å². The Bertz CT molecular complexity index is 1380. The number of guanidine groups is 1. The van der Waals surface area contributed by atoms with Crippen LogP contribution in [-0.4, -0.2) is 65.2 Å². The number of piperidine rings is 1. The van der Waals surface area contributed by atoms with Gasteiger partial charge in [0.1, 0.15) is 11.9 Å². The van der Waals surface area contributed by atoms with E-state index in [2.05, 4.69) is 15.3 Å². The lowest BCUT2D eigenvalue weighted by molar-refractivity contribution is -0.114. The number of aliphatic imine (C=N–C) groups is 1. The third kappa shape index (κ3) is 4.99. The van der Waals surface area contributed by atoms with Gasteiger partial charge in [-0.2, -0.15) is 10.4 Å². The molecule has 2 heterocycles. The lowest BCUT2D eigenvalue weighted by Crippen LogP contribution is -2.49. The Kier molecular flexibility index (Phi) is 7.46. The van der Waals surface area contributed by atoms with E-state index in [9.17, 15) is 14.4 Å². The first kappa shape index (κ1) is 25.1. The minimum atomic E-state index is -0.613. The van der Waals surface area contributed by atoms with Crippen LogP contribution in [0.3, 0.4) is 0 Å². The lowest BCUT2D eigenvalue weighted by Gasteiger charge is -2.36. The van der Waals surface area contributed by atoms with Gasteiger partial charge in [0.15, 0.2) is 0 Å². The lowest BCUT2D eigenvalue weighted by atomic mass is 9.99. The summed E-state index contributed by atoms with van der Waals surface area (Å²) in [6.45, 7) is 3.40. The fourth-order valence-electron chi connectivity index (χ4n) is 4.54. The maximum absolute atomic E-state index is 14.7. The third-order valence-electron chi connectivity index (χ3n) is 6.77. The van der Waals surface area contributed by atoms with Crippen LogP contribution in [0.4, 0.5) is 4.39 Å². The van der Waals surface area contributed by atoms with Crippen molar-refractivity contribution < 1.29 is 9.18 Å². The van der Waals surface area contributed by atoms with E-state index in [1.807, 2.05) is 45.3 Å². The number of aryl methyl sites for hydroxylation is 1. The Morgan fingerprint density at radius 1 is 1.25 bits per heavy atom. The minimum absolute atomic E-state index is 0.0316. The summed E-state index contributed by atoms with van der Waals surface area (Å²) in [5.41, 5.74) is 3.73. The highest BCUT2D eigenvalue weighted by molar-refractivity contribution is 5.99. The first-order valence-corrected chi connectivity index (χ1v) is 11.9. The van der Waals surface area contributed by atoms with E-state index in [0.717, 1.165) is 54.4 Å². The number of nitrogens with zero attached hydrogens (tertiary/aromatic N) is 6. The number of hydrogen-bond donors (Lipinski definition) is 1. The number of carbonyl (C=O) groups is 1. The Balaban J connectivity index is 1.88. The number of nitriles is 1. The molecule has 36 heavy (non-hydrogen) atoms. The van der Waals surface area contributed by atoms with Crippen LogP contribution in [0.25, 0.3) is 22.2 Å². The van der Waals surface area contributed by atoms with Crippen molar-refractivity contribution in [3.05, 3.63) is 65.1 Å². The number of allylic oxidation sites excluding steroid dienone is 1. The zero-order valence-corrected chi connectivity index (χ0v) is 21.0. The predicted molar refractivity (Wildman–Crippen MR) is 139 cm³/mol. The van der Waals surface area contributed by atoms with Crippen LogP contribution in [0.1, 0.15) is 36.5 Å². The molecule has 1 N–H and O–H groups in total. The Morgan fingerprint density at radius 2 is 1.97 bits per heavy atom.